The summed E-state index contributed by atoms with van der Waals surface area (Å²) in [6.45, 7) is 1.40. The van der Waals surface area contributed by atoms with Crippen molar-refractivity contribution in [1.29, 1.82) is 0 Å². The highest BCUT2D eigenvalue weighted by Crippen LogP contribution is 2.25. The molecule has 3 aromatic rings. The minimum atomic E-state index is -0.375. The average Bonchev–Trinajstić information content (AvgIpc) is 3.16. The molecule has 0 bridgehead atoms. The van der Waals surface area contributed by atoms with Crippen molar-refractivity contribution in [2.24, 2.45) is 0 Å². The van der Waals surface area contributed by atoms with Gasteiger partial charge in [0.1, 0.15) is 11.6 Å². The van der Waals surface area contributed by atoms with Gasteiger partial charge >= 0.3 is 6.03 Å². The minimum absolute atomic E-state index is 0.0567. The van der Waals surface area contributed by atoms with Crippen LogP contribution in [0.4, 0.5) is 14.9 Å². The number of halogens is 1. The minimum Gasteiger partial charge on any atom is -0.485 e. The number of nitrogens with one attached hydrogen (secondary N) is 1. The third-order valence-electron chi connectivity index (χ3n) is 4.12. The van der Waals surface area contributed by atoms with Gasteiger partial charge in [-0.05, 0) is 36.8 Å². The summed E-state index contributed by atoms with van der Waals surface area (Å²) in [4.78, 5) is 18.0. The van der Waals surface area contributed by atoms with E-state index in [1.807, 2.05) is 24.3 Å². The Balaban J connectivity index is 1.48. The van der Waals surface area contributed by atoms with E-state index in [1.54, 1.807) is 17.0 Å². The molecular weight excluding hydrogens is 351 g/mol. The Morgan fingerprint density at radius 2 is 2.11 bits per heavy atom. The molecule has 0 aliphatic carbocycles. The van der Waals surface area contributed by atoms with Crippen LogP contribution in [0.2, 0.25) is 0 Å². The second-order valence-corrected chi connectivity index (χ2v) is 6.05. The van der Waals surface area contributed by atoms with Gasteiger partial charge < -0.3 is 14.6 Å². The summed E-state index contributed by atoms with van der Waals surface area (Å²) in [5, 5.41) is 6.71. The highest BCUT2D eigenvalue weighted by molar-refractivity contribution is 5.93. The van der Waals surface area contributed by atoms with E-state index in [-0.39, 0.29) is 18.5 Å². The molecule has 2 heterocycles. The summed E-state index contributed by atoms with van der Waals surface area (Å²) in [6.07, 6.45) is 0.887. The van der Waals surface area contributed by atoms with E-state index in [0.29, 0.717) is 36.1 Å². The fourth-order valence-electron chi connectivity index (χ4n) is 2.82. The van der Waals surface area contributed by atoms with Crippen LogP contribution in [0.1, 0.15) is 12.2 Å². The smallest absolute Gasteiger partial charge is 0.321 e. The highest BCUT2D eigenvalue weighted by atomic mass is 19.1. The SMILES string of the molecule is O=C1NCCCN1c1cccc(-c2nc(COc3cccc(F)c3)no2)c1. The van der Waals surface area contributed by atoms with Crippen LogP contribution < -0.4 is 15.0 Å². The lowest BCUT2D eigenvalue weighted by Crippen LogP contribution is -2.46. The molecule has 1 N–H and O–H groups in total. The number of carbonyl (C=O) groups excluding carboxylic acids is 1. The van der Waals surface area contributed by atoms with Crippen LogP contribution in [0.25, 0.3) is 11.5 Å². The van der Waals surface area contributed by atoms with Crippen molar-refractivity contribution in [3.63, 3.8) is 0 Å². The largest absolute Gasteiger partial charge is 0.485 e. The molecule has 1 saturated heterocycles. The number of anilines is 1. The number of carbonyl (C=O) groups is 1. The normalized spacial score (nSPS) is 14.1. The Bertz CT molecular complexity index is 959. The second kappa shape index (κ2) is 7.45. The zero-order valence-corrected chi connectivity index (χ0v) is 14.4. The van der Waals surface area contributed by atoms with E-state index in [2.05, 4.69) is 15.5 Å². The molecule has 4 rings (SSSR count). The summed E-state index contributed by atoms with van der Waals surface area (Å²) >= 11 is 0. The van der Waals surface area contributed by atoms with Crippen LogP contribution in [-0.4, -0.2) is 29.3 Å². The van der Waals surface area contributed by atoms with Gasteiger partial charge in [-0.1, -0.05) is 17.3 Å². The predicted molar refractivity (Wildman–Crippen MR) is 95.8 cm³/mol. The zero-order valence-electron chi connectivity index (χ0n) is 14.4. The molecule has 0 radical (unpaired) electrons. The van der Waals surface area contributed by atoms with E-state index < -0.39 is 0 Å². The van der Waals surface area contributed by atoms with Crippen molar-refractivity contribution >= 4 is 11.7 Å². The standard InChI is InChI=1S/C19H17FN4O3/c20-14-5-2-7-16(11-14)26-12-17-22-18(27-23-17)13-4-1-6-15(10-13)24-9-3-8-21-19(24)25/h1-2,4-7,10-11H,3,8-9,12H2,(H,21,25). The van der Waals surface area contributed by atoms with Crippen molar-refractivity contribution in [1.82, 2.24) is 15.5 Å². The average molecular weight is 368 g/mol. The van der Waals surface area contributed by atoms with Crippen molar-refractivity contribution in [2.45, 2.75) is 13.0 Å². The Hall–Kier alpha value is -3.42. The maximum atomic E-state index is 13.2. The molecule has 0 saturated carbocycles. The molecule has 2 amide bonds. The molecule has 1 fully saturated rings. The Morgan fingerprint density at radius 1 is 1.22 bits per heavy atom. The molecule has 2 aromatic carbocycles. The molecule has 1 aromatic heterocycles. The van der Waals surface area contributed by atoms with Crippen LogP contribution in [0.15, 0.2) is 53.1 Å². The number of amides is 2. The summed E-state index contributed by atoms with van der Waals surface area (Å²) in [6, 6.07) is 13.1. The number of hydrogen-bond acceptors (Lipinski definition) is 5. The first kappa shape index (κ1) is 17.0. The van der Waals surface area contributed by atoms with Crippen LogP contribution >= 0.6 is 0 Å². The van der Waals surface area contributed by atoms with Crippen LogP contribution in [0.5, 0.6) is 5.75 Å². The number of nitrogens with zero attached hydrogens (tertiary/aromatic N) is 3. The number of urea groups is 1. The monoisotopic (exact) mass is 368 g/mol. The lowest BCUT2D eigenvalue weighted by Gasteiger charge is -2.27. The number of rotatable bonds is 5. The molecule has 138 valence electrons. The van der Waals surface area contributed by atoms with Crippen molar-refractivity contribution in [2.75, 3.05) is 18.0 Å². The molecule has 1 aliphatic heterocycles. The molecular formula is C19H17FN4O3. The number of hydrogen-bond donors (Lipinski definition) is 1. The topological polar surface area (TPSA) is 80.5 Å². The van der Waals surface area contributed by atoms with Crippen molar-refractivity contribution in [3.8, 4) is 17.2 Å². The maximum Gasteiger partial charge on any atom is 0.321 e. The summed E-state index contributed by atoms with van der Waals surface area (Å²) in [5.74, 6) is 0.682. The fourth-order valence-corrected chi connectivity index (χ4v) is 2.82. The molecule has 0 atom stereocenters. The Labute approximate surface area is 154 Å². The van der Waals surface area contributed by atoms with Gasteiger partial charge in [-0.25, -0.2) is 9.18 Å². The Kier molecular flexibility index (Phi) is 4.69. The van der Waals surface area contributed by atoms with Crippen molar-refractivity contribution < 1.29 is 18.4 Å². The molecule has 1 aliphatic rings. The predicted octanol–water partition coefficient (Wildman–Crippen LogP) is 3.37. The van der Waals surface area contributed by atoms with Gasteiger partial charge in [0.2, 0.25) is 5.82 Å². The molecule has 27 heavy (non-hydrogen) atoms. The zero-order chi connectivity index (χ0) is 18.6. The third-order valence-corrected chi connectivity index (χ3v) is 4.12. The van der Waals surface area contributed by atoms with Crippen LogP contribution in [0.3, 0.4) is 0 Å². The molecule has 8 heteroatoms. The van der Waals surface area contributed by atoms with Crippen LogP contribution in [-0.2, 0) is 6.61 Å². The van der Waals surface area contributed by atoms with Crippen LogP contribution in [0, 0.1) is 5.82 Å². The summed E-state index contributed by atoms with van der Waals surface area (Å²) in [5.41, 5.74) is 1.47. The second-order valence-electron chi connectivity index (χ2n) is 6.05. The summed E-state index contributed by atoms with van der Waals surface area (Å²) < 4.78 is 23.9. The van der Waals surface area contributed by atoms with E-state index in [0.717, 1.165) is 12.1 Å². The van der Waals surface area contributed by atoms with E-state index in [1.165, 1.54) is 12.1 Å². The van der Waals surface area contributed by atoms with Crippen molar-refractivity contribution in [3.05, 3.63) is 60.2 Å². The highest BCUT2D eigenvalue weighted by Gasteiger charge is 2.20. The van der Waals surface area contributed by atoms with Gasteiger partial charge in [-0.3, -0.25) is 4.90 Å². The first-order valence-electron chi connectivity index (χ1n) is 8.56. The van der Waals surface area contributed by atoms with Gasteiger partial charge in [0.25, 0.3) is 5.89 Å². The third kappa shape index (κ3) is 3.89. The molecule has 0 unspecified atom stereocenters. The number of benzene rings is 2. The Morgan fingerprint density at radius 3 is 2.96 bits per heavy atom. The van der Waals surface area contributed by atoms with Gasteiger partial charge in [0, 0.05) is 30.4 Å². The lowest BCUT2D eigenvalue weighted by molar-refractivity contribution is 0.243. The lowest BCUT2D eigenvalue weighted by atomic mass is 10.1. The van der Waals surface area contributed by atoms with E-state index >= 15 is 0 Å². The molecule has 7 nitrogen and oxygen atoms in total. The fraction of sp³-hybridized carbons (Fsp3) is 0.211. The molecule has 0 spiro atoms. The quantitative estimate of drug-likeness (QED) is 0.747. The van der Waals surface area contributed by atoms with E-state index in [9.17, 15) is 9.18 Å². The number of aromatic nitrogens is 2. The number of ether oxygens (including phenoxy) is 1. The first-order chi connectivity index (χ1) is 13.2. The van der Waals surface area contributed by atoms with Gasteiger partial charge in [-0.15, -0.1) is 0 Å². The van der Waals surface area contributed by atoms with Gasteiger partial charge in [-0.2, -0.15) is 4.98 Å². The van der Waals surface area contributed by atoms with Gasteiger partial charge in [0.15, 0.2) is 6.61 Å². The van der Waals surface area contributed by atoms with E-state index in [4.69, 9.17) is 9.26 Å². The summed E-state index contributed by atoms with van der Waals surface area (Å²) in [7, 11) is 0. The maximum absolute atomic E-state index is 13.2. The van der Waals surface area contributed by atoms with Gasteiger partial charge in [0.05, 0.1) is 0 Å². The first-order valence-corrected chi connectivity index (χ1v) is 8.56.